The standard InChI is InChI=1S/C10H16N2OS/c1-8-7-14-10(12-8)6-11-5-9-3-2-4-13-9/h7,9,11H,2-6H2,1H3/p+1/t9-/m0/s1. The van der Waals surface area contributed by atoms with Gasteiger partial charge >= 0.3 is 0 Å². The Kier molecular flexibility index (Phi) is 3.50. The van der Waals surface area contributed by atoms with Crippen molar-refractivity contribution in [1.29, 1.82) is 0 Å². The highest BCUT2D eigenvalue weighted by atomic mass is 32.1. The zero-order valence-corrected chi connectivity index (χ0v) is 9.35. The molecule has 2 N–H and O–H groups in total. The van der Waals surface area contributed by atoms with Crippen LogP contribution in [0.2, 0.25) is 0 Å². The molecule has 3 nitrogen and oxygen atoms in total. The molecule has 4 heteroatoms. The van der Waals surface area contributed by atoms with Gasteiger partial charge in [0.25, 0.3) is 0 Å². The maximum atomic E-state index is 5.55. The summed E-state index contributed by atoms with van der Waals surface area (Å²) < 4.78 is 5.55. The number of nitrogens with two attached hydrogens (primary N) is 1. The molecule has 78 valence electrons. The molecule has 0 aromatic carbocycles. The average Bonchev–Trinajstić information content (AvgIpc) is 2.77. The van der Waals surface area contributed by atoms with Crippen LogP contribution in [-0.2, 0) is 11.3 Å². The van der Waals surface area contributed by atoms with E-state index in [9.17, 15) is 0 Å². The van der Waals surface area contributed by atoms with Gasteiger partial charge < -0.3 is 10.1 Å². The molecule has 14 heavy (non-hydrogen) atoms. The Balaban J connectivity index is 1.67. The quantitative estimate of drug-likeness (QED) is 0.799. The Morgan fingerprint density at radius 1 is 1.71 bits per heavy atom. The number of hydrogen-bond acceptors (Lipinski definition) is 3. The van der Waals surface area contributed by atoms with Crippen molar-refractivity contribution in [2.45, 2.75) is 32.4 Å². The van der Waals surface area contributed by atoms with E-state index in [4.69, 9.17) is 4.74 Å². The Morgan fingerprint density at radius 3 is 3.29 bits per heavy atom. The van der Waals surface area contributed by atoms with E-state index < -0.39 is 0 Å². The Morgan fingerprint density at radius 2 is 2.64 bits per heavy atom. The summed E-state index contributed by atoms with van der Waals surface area (Å²) in [7, 11) is 0. The first kappa shape index (κ1) is 10.1. The van der Waals surface area contributed by atoms with E-state index in [1.165, 1.54) is 17.8 Å². The van der Waals surface area contributed by atoms with E-state index in [-0.39, 0.29) is 0 Å². The summed E-state index contributed by atoms with van der Waals surface area (Å²) in [6.45, 7) is 5.08. The van der Waals surface area contributed by atoms with Gasteiger partial charge in [-0.3, -0.25) is 0 Å². The molecule has 2 heterocycles. The van der Waals surface area contributed by atoms with Crippen molar-refractivity contribution in [2.75, 3.05) is 13.2 Å². The van der Waals surface area contributed by atoms with Gasteiger partial charge in [-0.25, -0.2) is 4.98 Å². The number of quaternary nitrogens is 1. The van der Waals surface area contributed by atoms with Gasteiger partial charge in [0.05, 0.1) is 0 Å². The number of aromatic nitrogens is 1. The molecule has 1 aromatic heterocycles. The zero-order chi connectivity index (χ0) is 9.80. The molecule has 1 aromatic rings. The lowest BCUT2D eigenvalue weighted by Gasteiger charge is -2.06. The fraction of sp³-hybridized carbons (Fsp3) is 0.700. The van der Waals surface area contributed by atoms with Crippen LogP contribution in [0.15, 0.2) is 5.38 Å². The fourth-order valence-corrected chi connectivity index (χ4v) is 2.49. The van der Waals surface area contributed by atoms with Crippen molar-refractivity contribution in [1.82, 2.24) is 4.98 Å². The molecule has 0 saturated carbocycles. The fourth-order valence-electron chi connectivity index (χ4n) is 1.72. The minimum atomic E-state index is 0.482. The minimum absolute atomic E-state index is 0.482. The molecule has 0 amide bonds. The molecule has 1 saturated heterocycles. The van der Waals surface area contributed by atoms with Crippen LogP contribution in [-0.4, -0.2) is 24.2 Å². The summed E-state index contributed by atoms with van der Waals surface area (Å²) in [5.74, 6) is 0. The minimum Gasteiger partial charge on any atom is -0.372 e. The van der Waals surface area contributed by atoms with Crippen LogP contribution in [0.1, 0.15) is 23.5 Å². The molecular weight excluding hydrogens is 196 g/mol. The van der Waals surface area contributed by atoms with Gasteiger partial charge in [-0.15, -0.1) is 11.3 Å². The normalized spacial score (nSPS) is 21.6. The van der Waals surface area contributed by atoms with E-state index in [1.807, 2.05) is 6.92 Å². The van der Waals surface area contributed by atoms with Crippen molar-refractivity contribution in [3.05, 3.63) is 16.1 Å². The average molecular weight is 213 g/mol. The van der Waals surface area contributed by atoms with E-state index in [0.29, 0.717) is 6.10 Å². The second-order valence-corrected chi connectivity index (χ2v) is 4.69. The molecule has 0 radical (unpaired) electrons. The first-order chi connectivity index (χ1) is 6.84. The third kappa shape index (κ3) is 2.77. The first-order valence-electron chi connectivity index (χ1n) is 5.19. The molecular formula is C10H17N2OS+. The van der Waals surface area contributed by atoms with Crippen LogP contribution in [0.5, 0.6) is 0 Å². The van der Waals surface area contributed by atoms with Gasteiger partial charge in [0.1, 0.15) is 24.2 Å². The Bertz CT molecular complexity index is 281. The molecule has 1 aliphatic heterocycles. The van der Waals surface area contributed by atoms with E-state index in [2.05, 4.69) is 15.7 Å². The summed E-state index contributed by atoms with van der Waals surface area (Å²) in [5, 5.41) is 5.63. The van der Waals surface area contributed by atoms with Gasteiger partial charge in [0.2, 0.25) is 0 Å². The lowest BCUT2D eigenvalue weighted by atomic mass is 10.2. The van der Waals surface area contributed by atoms with E-state index in [0.717, 1.165) is 25.4 Å². The van der Waals surface area contributed by atoms with E-state index >= 15 is 0 Å². The number of ether oxygens (including phenoxy) is 1. The lowest BCUT2D eigenvalue weighted by molar-refractivity contribution is -0.676. The summed E-state index contributed by atoms with van der Waals surface area (Å²) in [6.07, 6.45) is 2.94. The summed E-state index contributed by atoms with van der Waals surface area (Å²) >= 11 is 1.75. The summed E-state index contributed by atoms with van der Waals surface area (Å²) in [6, 6.07) is 0. The lowest BCUT2D eigenvalue weighted by Crippen LogP contribution is -2.84. The molecule has 0 spiro atoms. The number of aryl methyl sites for hydroxylation is 1. The zero-order valence-electron chi connectivity index (χ0n) is 8.53. The SMILES string of the molecule is Cc1csc(C[NH2+]C[C@@H]2CCCO2)n1. The van der Waals surface area contributed by atoms with Crippen molar-refractivity contribution in [2.24, 2.45) is 0 Å². The van der Waals surface area contributed by atoms with Crippen LogP contribution < -0.4 is 5.32 Å². The van der Waals surface area contributed by atoms with Gasteiger partial charge in [0, 0.05) is 17.7 Å². The maximum absolute atomic E-state index is 5.55. The summed E-state index contributed by atoms with van der Waals surface area (Å²) in [4.78, 5) is 4.42. The topological polar surface area (TPSA) is 38.7 Å². The van der Waals surface area contributed by atoms with Crippen LogP contribution in [0.4, 0.5) is 0 Å². The second kappa shape index (κ2) is 4.87. The molecule has 1 aliphatic rings. The van der Waals surface area contributed by atoms with Gasteiger partial charge in [-0.05, 0) is 19.8 Å². The highest BCUT2D eigenvalue weighted by Crippen LogP contribution is 2.10. The molecule has 1 fully saturated rings. The summed E-state index contributed by atoms with van der Waals surface area (Å²) in [5.41, 5.74) is 1.13. The molecule has 2 rings (SSSR count). The van der Waals surface area contributed by atoms with Gasteiger partial charge in [-0.1, -0.05) is 0 Å². The highest BCUT2D eigenvalue weighted by Gasteiger charge is 2.16. The van der Waals surface area contributed by atoms with Crippen LogP contribution in [0, 0.1) is 6.92 Å². The second-order valence-electron chi connectivity index (χ2n) is 3.75. The van der Waals surface area contributed by atoms with Crippen molar-refractivity contribution < 1.29 is 10.1 Å². The van der Waals surface area contributed by atoms with Crippen LogP contribution >= 0.6 is 11.3 Å². The van der Waals surface area contributed by atoms with Gasteiger partial charge in [-0.2, -0.15) is 0 Å². The predicted octanol–water partition coefficient (Wildman–Crippen LogP) is 0.694. The largest absolute Gasteiger partial charge is 0.372 e. The van der Waals surface area contributed by atoms with Crippen molar-refractivity contribution in [3.63, 3.8) is 0 Å². The predicted molar refractivity (Wildman–Crippen MR) is 56.3 cm³/mol. The Hall–Kier alpha value is -0.450. The van der Waals surface area contributed by atoms with Gasteiger partial charge in [0.15, 0.2) is 0 Å². The third-order valence-electron chi connectivity index (χ3n) is 2.44. The number of rotatable bonds is 4. The number of hydrogen-bond donors (Lipinski definition) is 1. The van der Waals surface area contributed by atoms with Crippen LogP contribution in [0.3, 0.4) is 0 Å². The molecule has 1 atom stereocenters. The highest BCUT2D eigenvalue weighted by molar-refractivity contribution is 7.09. The Labute approximate surface area is 88.5 Å². The van der Waals surface area contributed by atoms with Crippen LogP contribution in [0.25, 0.3) is 0 Å². The smallest absolute Gasteiger partial charge is 0.147 e. The van der Waals surface area contributed by atoms with Crippen molar-refractivity contribution in [3.8, 4) is 0 Å². The van der Waals surface area contributed by atoms with Crippen molar-refractivity contribution >= 4 is 11.3 Å². The van der Waals surface area contributed by atoms with E-state index in [1.54, 1.807) is 11.3 Å². The first-order valence-corrected chi connectivity index (χ1v) is 6.07. The molecule has 0 unspecified atom stereocenters. The maximum Gasteiger partial charge on any atom is 0.147 e. The third-order valence-corrected chi connectivity index (χ3v) is 3.43. The number of thiazole rings is 1. The molecule has 0 aliphatic carbocycles. The monoisotopic (exact) mass is 213 g/mol. The molecule has 0 bridgehead atoms. The number of nitrogens with zero attached hydrogens (tertiary/aromatic N) is 1.